The molecule has 3 aromatic rings. The van der Waals surface area contributed by atoms with E-state index < -0.39 is 0 Å². The topological polar surface area (TPSA) is 92.9 Å². The quantitative estimate of drug-likeness (QED) is 0.413. The molecule has 7 heteroatoms. The number of amides is 2. The zero-order chi connectivity index (χ0) is 24.8. The van der Waals surface area contributed by atoms with Gasteiger partial charge >= 0.3 is 0 Å². The molecule has 1 aromatic heterocycles. The molecule has 35 heavy (non-hydrogen) atoms. The van der Waals surface area contributed by atoms with Gasteiger partial charge in [0.1, 0.15) is 11.5 Å². The maximum Gasteiger partial charge on any atom is 0.291 e. The first kappa shape index (κ1) is 24.3. The Morgan fingerprint density at radius 3 is 2.57 bits per heavy atom. The maximum atomic E-state index is 13.0. The average molecular weight is 474 g/mol. The molecule has 0 saturated carbocycles. The Hall–Kier alpha value is -3.87. The molecule has 0 unspecified atom stereocenters. The molecule has 0 radical (unpaired) electrons. The molecule has 0 fully saturated rings. The SMILES string of the molecule is CCCCc1ccc(NC(=O)c2oc3c(c2C)/C(=N/NC(=O)c2ccccc2OC)CCC3)cc1. The molecule has 2 N–H and O–H groups in total. The highest BCUT2D eigenvalue weighted by molar-refractivity contribution is 6.09. The van der Waals surface area contributed by atoms with Crippen LogP contribution in [0.2, 0.25) is 0 Å². The molecular formula is C28H31N3O4. The van der Waals surface area contributed by atoms with Crippen molar-refractivity contribution in [3.63, 3.8) is 0 Å². The van der Waals surface area contributed by atoms with E-state index in [1.165, 1.54) is 12.7 Å². The largest absolute Gasteiger partial charge is 0.496 e. The summed E-state index contributed by atoms with van der Waals surface area (Å²) in [6.07, 6.45) is 5.55. The number of carbonyl (C=O) groups excluding carboxylic acids is 2. The van der Waals surface area contributed by atoms with E-state index in [0.717, 1.165) is 54.7 Å². The number of nitrogens with zero attached hydrogens (tertiary/aromatic N) is 1. The normalized spacial score (nSPS) is 13.9. The Kier molecular flexibility index (Phi) is 7.65. The molecule has 182 valence electrons. The van der Waals surface area contributed by atoms with Crippen molar-refractivity contribution in [3.8, 4) is 5.75 Å². The number of aryl methyl sites for hydroxylation is 2. The van der Waals surface area contributed by atoms with Crippen LogP contribution < -0.4 is 15.5 Å². The van der Waals surface area contributed by atoms with Crippen LogP contribution in [-0.4, -0.2) is 24.6 Å². The summed E-state index contributed by atoms with van der Waals surface area (Å²) in [7, 11) is 1.52. The number of carbonyl (C=O) groups is 2. The van der Waals surface area contributed by atoms with E-state index in [9.17, 15) is 9.59 Å². The van der Waals surface area contributed by atoms with E-state index >= 15 is 0 Å². The minimum absolute atomic E-state index is 0.274. The fraction of sp³-hybridized carbons (Fsp3) is 0.321. The summed E-state index contributed by atoms with van der Waals surface area (Å²) in [5.74, 6) is 0.820. The Labute approximate surface area is 205 Å². The third-order valence-corrected chi connectivity index (χ3v) is 6.21. The van der Waals surface area contributed by atoms with Crippen molar-refractivity contribution in [1.29, 1.82) is 0 Å². The van der Waals surface area contributed by atoms with Gasteiger partial charge in [0.15, 0.2) is 5.76 Å². The fourth-order valence-corrected chi connectivity index (χ4v) is 4.33. The number of benzene rings is 2. The van der Waals surface area contributed by atoms with Crippen molar-refractivity contribution in [2.45, 2.75) is 52.4 Å². The van der Waals surface area contributed by atoms with Crippen LogP contribution in [0.5, 0.6) is 5.75 Å². The first-order valence-electron chi connectivity index (χ1n) is 12.0. The van der Waals surface area contributed by atoms with Gasteiger partial charge in [-0.3, -0.25) is 9.59 Å². The van der Waals surface area contributed by atoms with E-state index in [4.69, 9.17) is 9.15 Å². The van der Waals surface area contributed by atoms with Crippen LogP contribution in [0.3, 0.4) is 0 Å². The Bertz CT molecular complexity index is 1240. The fourth-order valence-electron chi connectivity index (χ4n) is 4.33. The highest BCUT2D eigenvalue weighted by atomic mass is 16.5. The summed E-state index contributed by atoms with van der Waals surface area (Å²) in [6, 6.07) is 14.9. The minimum Gasteiger partial charge on any atom is -0.496 e. The van der Waals surface area contributed by atoms with E-state index in [0.29, 0.717) is 23.4 Å². The van der Waals surface area contributed by atoms with Gasteiger partial charge in [-0.15, -0.1) is 0 Å². The van der Waals surface area contributed by atoms with Crippen LogP contribution >= 0.6 is 0 Å². The number of nitrogens with one attached hydrogen (secondary N) is 2. The number of hydrazone groups is 1. The lowest BCUT2D eigenvalue weighted by molar-refractivity contribution is 0.0950. The van der Waals surface area contributed by atoms with Crippen LogP contribution in [-0.2, 0) is 12.8 Å². The molecule has 1 aliphatic carbocycles. The summed E-state index contributed by atoms with van der Waals surface area (Å²) in [6.45, 7) is 4.03. The average Bonchev–Trinajstić information content (AvgIpc) is 3.24. The third kappa shape index (κ3) is 5.45. The lowest BCUT2D eigenvalue weighted by Crippen LogP contribution is -2.22. The lowest BCUT2D eigenvalue weighted by atomic mass is 9.93. The van der Waals surface area contributed by atoms with Gasteiger partial charge < -0.3 is 14.5 Å². The number of methoxy groups -OCH3 is 1. The number of hydrogen-bond donors (Lipinski definition) is 2. The summed E-state index contributed by atoms with van der Waals surface area (Å²) >= 11 is 0. The molecule has 0 bridgehead atoms. The number of fused-ring (bicyclic) bond motifs is 1. The Morgan fingerprint density at radius 2 is 1.83 bits per heavy atom. The van der Waals surface area contributed by atoms with Crippen molar-refractivity contribution in [2.75, 3.05) is 12.4 Å². The standard InChI is InChI=1S/C28H31N3O4/c1-4-5-9-19-14-16-20(17-15-19)29-28(33)26-18(2)25-22(11-8-13-24(25)35-26)30-31-27(32)21-10-6-7-12-23(21)34-3/h6-7,10,12,14-17H,4-5,8-9,11,13H2,1-3H3,(H,29,33)(H,31,32)/b30-22+. The highest BCUT2D eigenvalue weighted by Crippen LogP contribution is 2.30. The maximum absolute atomic E-state index is 13.0. The molecule has 0 aliphatic heterocycles. The molecule has 2 aromatic carbocycles. The van der Waals surface area contributed by atoms with Gasteiger partial charge in [-0.2, -0.15) is 5.10 Å². The van der Waals surface area contributed by atoms with Gasteiger partial charge in [-0.1, -0.05) is 37.6 Å². The van der Waals surface area contributed by atoms with Crippen LogP contribution in [0.4, 0.5) is 5.69 Å². The summed E-state index contributed by atoms with van der Waals surface area (Å²) < 4.78 is 11.2. The second-order valence-corrected chi connectivity index (χ2v) is 8.66. The summed E-state index contributed by atoms with van der Waals surface area (Å²) in [5, 5.41) is 7.33. The van der Waals surface area contributed by atoms with E-state index in [-0.39, 0.29) is 17.6 Å². The Morgan fingerprint density at radius 1 is 1.06 bits per heavy atom. The summed E-state index contributed by atoms with van der Waals surface area (Å²) in [5.41, 5.74) is 7.25. The van der Waals surface area contributed by atoms with E-state index in [2.05, 4.69) is 22.8 Å². The van der Waals surface area contributed by atoms with Gasteiger partial charge in [0.2, 0.25) is 0 Å². The first-order chi connectivity index (χ1) is 17.0. The molecule has 0 saturated heterocycles. The monoisotopic (exact) mass is 473 g/mol. The lowest BCUT2D eigenvalue weighted by Gasteiger charge is -2.14. The third-order valence-electron chi connectivity index (χ3n) is 6.21. The van der Waals surface area contributed by atoms with Crippen molar-refractivity contribution < 1.29 is 18.7 Å². The van der Waals surface area contributed by atoms with Crippen LogP contribution in [0.15, 0.2) is 58.0 Å². The number of unbranched alkanes of at least 4 members (excludes halogenated alkanes) is 1. The van der Waals surface area contributed by atoms with E-state index in [1.54, 1.807) is 24.3 Å². The van der Waals surface area contributed by atoms with Crippen LogP contribution in [0.25, 0.3) is 0 Å². The first-order valence-corrected chi connectivity index (χ1v) is 12.0. The smallest absolute Gasteiger partial charge is 0.291 e. The van der Waals surface area contributed by atoms with Crippen LogP contribution in [0, 0.1) is 6.92 Å². The molecule has 2 amide bonds. The van der Waals surface area contributed by atoms with Crippen molar-refractivity contribution in [2.24, 2.45) is 5.10 Å². The molecule has 1 aliphatic rings. The van der Waals surface area contributed by atoms with Gasteiger partial charge in [-0.25, -0.2) is 5.43 Å². The number of anilines is 1. The molecule has 4 rings (SSSR count). The van der Waals surface area contributed by atoms with Gasteiger partial charge in [0, 0.05) is 23.2 Å². The number of hydrogen-bond acceptors (Lipinski definition) is 5. The zero-order valence-corrected chi connectivity index (χ0v) is 20.4. The number of ether oxygens (including phenoxy) is 1. The molecule has 0 spiro atoms. The van der Waals surface area contributed by atoms with Crippen molar-refractivity contribution in [1.82, 2.24) is 5.43 Å². The molecule has 0 atom stereocenters. The number of rotatable bonds is 8. The highest BCUT2D eigenvalue weighted by Gasteiger charge is 2.28. The number of furan rings is 1. The molecule has 7 nitrogen and oxygen atoms in total. The number of para-hydroxylation sites is 1. The van der Waals surface area contributed by atoms with Crippen molar-refractivity contribution in [3.05, 3.63) is 82.3 Å². The second-order valence-electron chi connectivity index (χ2n) is 8.66. The van der Waals surface area contributed by atoms with Gasteiger partial charge in [0.25, 0.3) is 11.8 Å². The second kappa shape index (κ2) is 11.0. The minimum atomic E-state index is -0.358. The Balaban J connectivity index is 1.51. The molecule has 1 heterocycles. The predicted molar refractivity (Wildman–Crippen MR) is 136 cm³/mol. The predicted octanol–water partition coefficient (Wildman–Crippen LogP) is 5.66. The van der Waals surface area contributed by atoms with Gasteiger partial charge in [0.05, 0.1) is 18.4 Å². The van der Waals surface area contributed by atoms with Crippen molar-refractivity contribution >= 4 is 23.2 Å². The van der Waals surface area contributed by atoms with E-state index in [1.807, 2.05) is 31.2 Å². The summed E-state index contributed by atoms with van der Waals surface area (Å²) in [4.78, 5) is 25.7. The van der Waals surface area contributed by atoms with Gasteiger partial charge in [-0.05, 0) is 62.4 Å². The molecular weight excluding hydrogens is 442 g/mol. The van der Waals surface area contributed by atoms with Crippen LogP contribution in [0.1, 0.15) is 76.0 Å². The zero-order valence-electron chi connectivity index (χ0n) is 20.4.